The summed E-state index contributed by atoms with van der Waals surface area (Å²) in [5.41, 5.74) is 12.2. The fourth-order valence-electron chi connectivity index (χ4n) is 2.73. The van der Waals surface area contributed by atoms with Crippen molar-refractivity contribution in [2.75, 3.05) is 19.6 Å². The molecule has 11 nitrogen and oxygen atoms in total. The number of aliphatic imine (C=N–C) groups is 1. The number of carbonyl (C=O) groups is 1. The van der Waals surface area contributed by atoms with E-state index in [-0.39, 0.29) is 17.4 Å². The number of carboxylic acids is 1. The molecule has 0 unspecified atom stereocenters. The van der Waals surface area contributed by atoms with Gasteiger partial charge in [0.15, 0.2) is 5.96 Å². The van der Waals surface area contributed by atoms with E-state index in [0.29, 0.717) is 25.9 Å². The number of aliphatic carboxylic acids is 1. The van der Waals surface area contributed by atoms with Crippen LogP contribution in [-0.2, 0) is 27.8 Å². The van der Waals surface area contributed by atoms with Crippen LogP contribution in [0.15, 0.2) is 40.4 Å². The molecule has 0 amide bonds. The first-order chi connectivity index (χ1) is 14.2. The van der Waals surface area contributed by atoms with Crippen LogP contribution in [0.4, 0.5) is 0 Å². The minimum absolute atomic E-state index is 0.0438. The highest BCUT2D eigenvalue weighted by atomic mass is 32.2. The fourth-order valence-corrected chi connectivity index (χ4v) is 4.16. The Balaban J connectivity index is 1.94. The van der Waals surface area contributed by atoms with Gasteiger partial charge in [-0.3, -0.25) is 14.5 Å². The summed E-state index contributed by atoms with van der Waals surface area (Å²) in [5.74, 6) is -1.17. The maximum atomic E-state index is 12.8. The second kappa shape index (κ2) is 10.7. The highest BCUT2D eigenvalue weighted by Crippen LogP contribution is 2.17. The zero-order valence-electron chi connectivity index (χ0n) is 16.8. The minimum atomic E-state index is -3.91. The summed E-state index contributed by atoms with van der Waals surface area (Å²) >= 11 is 0. The topological polar surface area (TPSA) is 170 Å². The average Bonchev–Trinajstić information content (AvgIpc) is 3.12. The van der Waals surface area contributed by atoms with Gasteiger partial charge in [0.1, 0.15) is 6.54 Å². The molecule has 30 heavy (non-hydrogen) atoms. The van der Waals surface area contributed by atoms with Gasteiger partial charge in [0.2, 0.25) is 10.0 Å². The average molecular weight is 438 g/mol. The molecule has 0 saturated carbocycles. The van der Waals surface area contributed by atoms with E-state index in [1.54, 1.807) is 23.0 Å². The summed E-state index contributed by atoms with van der Waals surface area (Å²) in [5, 5.41) is 17.2. The third-order valence-electron chi connectivity index (χ3n) is 4.24. The predicted molar refractivity (Wildman–Crippen MR) is 111 cm³/mol. The lowest BCUT2D eigenvalue weighted by Crippen LogP contribution is -2.36. The van der Waals surface area contributed by atoms with Gasteiger partial charge < -0.3 is 16.6 Å². The molecular weight excluding hydrogens is 410 g/mol. The molecule has 12 heteroatoms. The van der Waals surface area contributed by atoms with Crippen LogP contribution in [0.1, 0.15) is 24.1 Å². The molecule has 1 aromatic heterocycles. The molecule has 1 aromatic carbocycles. The van der Waals surface area contributed by atoms with Crippen LogP contribution < -0.4 is 11.5 Å². The lowest BCUT2D eigenvalue weighted by molar-refractivity contribution is -0.137. The Morgan fingerprint density at radius 3 is 2.57 bits per heavy atom. The van der Waals surface area contributed by atoms with Crippen LogP contribution in [-0.4, -0.2) is 64.4 Å². The number of guanidine groups is 1. The standard InChI is InChI=1S/C18H27N7O4S/c1-14-5-7-16(8-6-14)30(28,29)25(13-17(26)27)11-3-10-24-12-15(22-23-24)4-2-9-21-18(19)20/h5-8,12H,2-4,9-11,13H2,1H3,(H,26,27)(H4,19,20,21). The fraction of sp³-hybridized carbons (Fsp3) is 0.444. The van der Waals surface area contributed by atoms with E-state index in [0.717, 1.165) is 22.0 Å². The van der Waals surface area contributed by atoms with Gasteiger partial charge in [-0.1, -0.05) is 22.9 Å². The number of sulfonamides is 1. The molecule has 0 aliphatic heterocycles. The first-order valence-electron chi connectivity index (χ1n) is 9.41. The summed E-state index contributed by atoms with van der Waals surface area (Å²) in [6.07, 6.45) is 3.53. The van der Waals surface area contributed by atoms with E-state index in [9.17, 15) is 13.2 Å². The van der Waals surface area contributed by atoms with Crippen molar-refractivity contribution in [1.29, 1.82) is 0 Å². The smallest absolute Gasteiger partial charge is 0.318 e. The molecule has 0 atom stereocenters. The minimum Gasteiger partial charge on any atom is -0.480 e. The monoisotopic (exact) mass is 437 g/mol. The third kappa shape index (κ3) is 7.12. The van der Waals surface area contributed by atoms with Crippen molar-refractivity contribution >= 4 is 22.0 Å². The molecule has 1 heterocycles. The molecule has 2 aromatic rings. The summed E-state index contributed by atoms with van der Waals surface area (Å²) in [6.45, 7) is 2.18. The quantitative estimate of drug-likeness (QED) is 0.236. The van der Waals surface area contributed by atoms with E-state index in [4.69, 9.17) is 16.6 Å². The lowest BCUT2D eigenvalue weighted by atomic mass is 10.2. The van der Waals surface area contributed by atoms with Crippen LogP contribution in [0, 0.1) is 6.92 Å². The molecule has 0 radical (unpaired) electrons. The van der Waals surface area contributed by atoms with Crippen LogP contribution >= 0.6 is 0 Å². The van der Waals surface area contributed by atoms with E-state index in [1.807, 2.05) is 6.92 Å². The van der Waals surface area contributed by atoms with Crippen LogP contribution in [0.25, 0.3) is 0 Å². The van der Waals surface area contributed by atoms with Gasteiger partial charge in [0.25, 0.3) is 0 Å². The molecule has 0 aliphatic rings. The number of carboxylic acid groups (broad SMARTS) is 1. The first-order valence-corrected chi connectivity index (χ1v) is 10.9. The Hall–Kier alpha value is -2.99. The third-order valence-corrected chi connectivity index (χ3v) is 6.10. The number of nitrogens with two attached hydrogens (primary N) is 2. The largest absolute Gasteiger partial charge is 0.480 e. The van der Waals surface area contributed by atoms with E-state index in [2.05, 4.69) is 15.3 Å². The van der Waals surface area contributed by atoms with Crippen molar-refractivity contribution < 1.29 is 18.3 Å². The van der Waals surface area contributed by atoms with Gasteiger partial charge in [-0.25, -0.2) is 8.42 Å². The molecule has 0 bridgehead atoms. The van der Waals surface area contributed by atoms with Crippen LogP contribution in [0.5, 0.6) is 0 Å². The van der Waals surface area contributed by atoms with Crippen molar-refractivity contribution in [2.24, 2.45) is 16.5 Å². The first kappa shape index (κ1) is 23.3. The molecule has 0 saturated heterocycles. The van der Waals surface area contributed by atoms with Crippen molar-refractivity contribution in [3.05, 3.63) is 41.7 Å². The maximum Gasteiger partial charge on any atom is 0.318 e. The lowest BCUT2D eigenvalue weighted by Gasteiger charge is -2.20. The molecule has 0 aliphatic carbocycles. The van der Waals surface area contributed by atoms with Gasteiger partial charge >= 0.3 is 5.97 Å². The van der Waals surface area contributed by atoms with Gasteiger partial charge in [0.05, 0.1) is 10.6 Å². The Labute approximate surface area is 175 Å². The van der Waals surface area contributed by atoms with E-state index in [1.165, 1.54) is 12.1 Å². The van der Waals surface area contributed by atoms with Crippen molar-refractivity contribution in [1.82, 2.24) is 19.3 Å². The van der Waals surface area contributed by atoms with Gasteiger partial charge in [0, 0.05) is 25.8 Å². The molecule has 5 N–H and O–H groups in total. The van der Waals surface area contributed by atoms with Crippen molar-refractivity contribution in [3.8, 4) is 0 Å². The summed E-state index contributed by atoms with van der Waals surface area (Å²) in [7, 11) is -3.91. The molecule has 0 fully saturated rings. The summed E-state index contributed by atoms with van der Waals surface area (Å²) in [4.78, 5) is 15.2. The number of rotatable bonds is 12. The SMILES string of the molecule is Cc1ccc(S(=O)(=O)N(CCCn2cc(CCCN=C(N)N)nn2)CC(=O)O)cc1. The number of benzene rings is 1. The highest BCUT2D eigenvalue weighted by molar-refractivity contribution is 7.89. The Kier molecular flexibility index (Phi) is 8.30. The number of aromatic nitrogens is 3. The van der Waals surface area contributed by atoms with Gasteiger partial charge in [-0.05, 0) is 38.3 Å². The van der Waals surface area contributed by atoms with E-state index < -0.39 is 22.5 Å². The number of hydrogen-bond donors (Lipinski definition) is 3. The molecule has 164 valence electrons. The van der Waals surface area contributed by atoms with Crippen LogP contribution in [0.2, 0.25) is 0 Å². The highest BCUT2D eigenvalue weighted by Gasteiger charge is 2.26. The zero-order valence-corrected chi connectivity index (χ0v) is 17.6. The Morgan fingerprint density at radius 1 is 1.23 bits per heavy atom. The second-order valence-electron chi connectivity index (χ2n) is 6.78. The number of aryl methyl sites for hydroxylation is 3. The maximum absolute atomic E-state index is 12.8. The number of hydrogen-bond acceptors (Lipinski definition) is 6. The van der Waals surface area contributed by atoms with Gasteiger partial charge in [-0.15, -0.1) is 5.10 Å². The Morgan fingerprint density at radius 2 is 1.93 bits per heavy atom. The molecule has 2 rings (SSSR count). The van der Waals surface area contributed by atoms with E-state index >= 15 is 0 Å². The predicted octanol–water partition coefficient (Wildman–Crippen LogP) is -0.0419. The molecule has 0 spiro atoms. The van der Waals surface area contributed by atoms with Gasteiger partial charge in [-0.2, -0.15) is 4.31 Å². The van der Waals surface area contributed by atoms with Crippen molar-refractivity contribution in [3.63, 3.8) is 0 Å². The number of nitrogens with zero attached hydrogens (tertiary/aromatic N) is 5. The second-order valence-corrected chi connectivity index (χ2v) is 8.72. The summed E-state index contributed by atoms with van der Waals surface area (Å²) in [6, 6.07) is 6.31. The Bertz CT molecular complexity index is 967. The normalized spacial score (nSPS) is 11.5. The van der Waals surface area contributed by atoms with Crippen LogP contribution in [0.3, 0.4) is 0 Å². The molecular formula is C18H27N7O4S. The van der Waals surface area contributed by atoms with Crippen molar-refractivity contribution in [2.45, 2.75) is 37.6 Å². The summed E-state index contributed by atoms with van der Waals surface area (Å²) < 4.78 is 28.2. The zero-order chi connectivity index (χ0) is 22.1.